The number of amides is 2. The zero-order valence-corrected chi connectivity index (χ0v) is 19.0. The molecule has 0 bridgehead atoms. The van der Waals surface area contributed by atoms with Crippen LogP contribution in [0.1, 0.15) is 49.4 Å². The highest BCUT2D eigenvalue weighted by molar-refractivity contribution is 5.98. The minimum absolute atomic E-state index is 0.0541. The molecule has 1 fully saturated rings. The van der Waals surface area contributed by atoms with E-state index in [1.807, 2.05) is 0 Å². The number of nitrogens with zero attached hydrogens (tertiary/aromatic N) is 4. The Balaban J connectivity index is 1.71. The molecule has 2 aliphatic rings. The summed E-state index contributed by atoms with van der Waals surface area (Å²) in [7, 11) is 4.92. The molecule has 0 saturated heterocycles. The lowest BCUT2D eigenvalue weighted by atomic mass is 10.1. The number of fused-ring (bicyclic) bond motifs is 1. The van der Waals surface area contributed by atoms with E-state index in [1.165, 1.54) is 12.8 Å². The highest BCUT2D eigenvalue weighted by Crippen LogP contribution is 2.39. The molecule has 0 unspecified atom stereocenters. The Labute approximate surface area is 188 Å². The minimum Gasteiger partial charge on any atom is -0.495 e. The molecule has 1 atom stereocenters. The summed E-state index contributed by atoms with van der Waals surface area (Å²) in [6, 6.07) is 5.58. The van der Waals surface area contributed by atoms with E-state index in [1.54, 1.807) is 50.5 Å². The zero-order chi connectivity index (χ0) is 22.8. The van der Waals surface area contributed by atoms with E-state index in [0.717, 1.165) is 24.3 Å². The first-order chi connectivity index (χ1) is 15.4. The van der Waals surface area contributed by atoms with Crippen molar-refractivity contribution in [3.05, 3.63) is 30.0 Å². The molecule has 170 valence electrons. The molecule has 2 amide bonds. The SMILES string of the molecule is CNC(=O)c1ccc(Nc2ncc3c(n2)N(C2CCCC2)[C@H](C)CC(=O)N3C)c(OC)c1. The van der Waals surface area contributed by atoms with Crippen LogP contribution in [0, 0.1) is 0 Å². The molecule has 2 heterocycles. The van der Waals surface area contributed by atoms with Gasteiger partial charge in [0.1, 0.15) is 11.4 Å². The van der Waals surface area contributed by atoms with E-state index in [-0.39, 0.29) is 17.9 Å². The lowest BCUT2D eigenvalue weighted by molar-refractivity contribution is -0.118. The van der Waals surface area contributed by atoms with Crippen molar-refractivity contribution < 1.29 is 14.3 Å². The molecule has 2 aromatic rings. The third kappa shape index (κ3) is 4.06. The van der Waals surface area contributed by atoms with E-state index in [9.17, 15) is 9.59 Å². The molecule has 1 aliphatic heterocycles. The van der Waals surface area contributed by atoms with Gasteiger partial charge in [-0.25, -0.2) is 4.98 Å². The number of hydrogen-bond donors (Lipinski definition) is 2. The number of carbonyl (C=O) groups is 2. The fraction of sp³-hybridized carbons (Fsp3) is 0.478. The van der Waals surface area contributed by atoms with Crippen molar-refractivity contribution >= 4 is 35.0 Å². The Kier molecular flexibility index (Phi) is 6.16. The average Bonchev–Trinajstić information content (AvgIpc) is 3.30. The summed E-state index contributed by atoms with van der Waals surface area (Å²) in [4.78, 5) is 37.9. The van der Waals surface area contributed by atoms with Gasteiger partial charge in [0.05, 0.1) is 19.0 Å². The van der Waals surface area contributed by atoms with Gasteiger partial charge in [-0.1, -0.05) is 12.8 Å². The molecule has 1 saturated carbocycles. The first-order valence-corrected chi connectivity index (χ1v) is 11.0. The third-order valence-corrected chi connectivity index (χ3v) is 6.33. The van der Waals surface area contributed by atoms with Crippen molar-refractivity contribution in [1.29, 1.82) is 0 Å². The summed E-state index contributed by atoms with van der Waals surface area (Å²) in [5.41, 5.74) is 1.87. The molecule has 1 aromatic carbocycles. The van der Waals surface area contributed by atoms with Gasteiger partial charge in [-0.3, -0.25) is 9.59 Å². The van der Waals surface area contributed by atoms with E-state index < -0.39 is 0 Å². The van der Waals surface area contributed by atoms with E-state index in [4.69, 9.17) is 9.72 Å². The van der Waals surface area contributed by atoms with Crippen LogP contribution in [0.4, 0.5) is 23.1 Å². The highest BCUT2D eigenvalue weighted by Gasteiger charge is 2.35. The minimum atomic E-state index is -0.190. The number of nitrogens with one attached hydrogen (secondary N) is 2. The van der Waals surface area contributed by atoms with Crippen LogP contribution in [0.2, 0.25) is 0 Å². The van der Waals surface area contributed by atoms with Crippen LogP contribution in [0.3, 0.4) is 0 Å². The fourth-order valence-corrected chi connectivity index (χ4v) is 4.60. The Morgan fingerprint density at radius 1 is 1.25 bits per heavy atom. The highest BCUT2D eigenvalue weighted by atomic mass is 16.5. The number of ether oxygens (including phenoxy) is 1. The molecule has 0 radical (unpaired) electrons. The predicted octanol–water partition coefficient (Wildman–Crippen LogP) is 3.09. The molecular formula is C23H30N6O3. The van der Waals surface area contributed by atoms with Crippen molar-refractivity contribution in [3.63, 3.8) is 0 Å². The maximum Gasteiger partial charge on any atom is 0.251 e. The standard InChI is InChI=1S/C23H30N6O3/c1-14-11-20(30)28(3)18-13-25-23(27-21(18)29(14)16-7-5-6-8-16)26-17-10-9-15(22(31)24-2)12-19(17)32-4/h9-10,12-14,16H,5-8,11H2,1-4H3,(H,24,31)(H,25,26,27)/t14-/m1/s1. The van der Waals surface area contributed by atoms with Crippen LogP contribution < -0.4 is 25.2 Å². The van der Waals surface area contributed by atoms with Crippen molar-refractivity contribution in [2.45, 2.75) is 51.1 Å². The molecule has 1 aliphatic carbocycles. The molecule has 32 heavy (non-hydrogen) atoms. The Bertz CT molecular complexity index is 1020. The average molecular weight is 439 g/mol. The number of carbonyl (C=O) groups excluding carboxylic acids is 2. The molecule has 9 heteroatoms. The van der Waals surface area contributed by atoms with Gasteiger partial charge in [0.25, 0.3) is 5.91 Å². The third-order valence-electron chi connectivity index (χ3n) is 6.33. The molecule has 0 spiro atoms. The molecule has 9 nitrogen and oxygen atoms in total. The summed E-state index contributed by atoms with van der Waals surface area (Å²) in [5.74, 6) is 1.57. The lowest BCUT2D eigenvalue weighted by Gasteiger charge is -2.34. The van der Waals surface area contributed by atoms with Crippen LogP contribution >= 0.6 is 0 Å². The maximum atomic E-state index is 12.7. The molecule has 4 rings (SSSR count). The summed E-state index contributed by atoms with van der Waals surface area (Å²) in [6.07, 6.45) is 6.73. The molecule has 1 aromatic heterocycles. The number of aromatic nitrogens is 2. The number of methoxy groups -OCH3 is 1. The van der Waals surface area contributed by atoms with Gasteiger partial charge >= 0.3 is 0 Å². The number of anilines is 4. The normalized spacial score (nSPS) is 18.9. The Morgan fingerprint density at radius 3 is 2.69 bits per heavy atom. The van der Waals surface area contributed by atoms with E-state index in [0.29, 0.717) is 35.4 Å². The van der Waals surface area contributed by atoms with Crippen LogP contribution in [0.25, 0.3) is 0 Å². The first kappa shape index (κ1) is 21.9. The van der Waals surface area contributed by atoms with Crippen LogP contribution in [-0.2, 0) is 4.79 Å². The second kappa shape index (κ2) is 9.02. The summed E-state index contributed by atoms with van der Waals surface area (Å²) < 4.78 is 5.47. The van der Waals surface area contributed by atoms with Crippen molar-refractivity contribution in [2.75, 3.05) is 36.3 Å². The smallest absolute Gasteiger partial charge is 0.251 e. The Morgan fingerprint density at radius 2 is 2.00 bits per heavy atom. The van der Waals surface area contributed by atoms with E-state index in [2.05, 4.69) is 27.4 Å². The molecular weight excluding hydrogens is 408 g/mol. The first-order valence-electron chi connectivity index (χ1n) is 11.0. The van der Waals surface area contributed by atoms with Crippen LogP contribution in [0.15, 0.2) is 24.4 Å². The van der Waals surface area contributed by atoms with Gasteiger partial charge in [0, 0.05) is 38.2 Å². The van der Waals surface area contributed by atoms with E-state index >= 15 is 0 Å². The second-order valence-corrected chi connectivity index (χ2v) is 8.37. The van der Waals surface area contributed by atoms with Gasteiger partial charge in [-0.2, -0.15) is 4.98 Å². The molecule has 2 N–H and O–H groups in total. The van der Waals surface area contributed by atoms with Gasteiger partial charge in [0.2, 0.25) is 11.9 Å². The van der Waals surface area contributed by atoms with Gasteiger partial charge in [0.15, 0.2) is 5.82 Å². The van der Waals surface area contributed by atoms with Crippen molar-refractivity contribution in [3.8, 4) is 5.75 Å². The topological polar surface area (TPSA) is 99.7 Å². The van der Waals surface area contributed by atoms with Crippen LogP contribution in [0.5, 0.6) is 5.75 Å². The number of hydrogen-bond acceptors (Lipinski definition) is 7. The second-order valence-electron chi connectivity index (χ2n) is 8.37. The fourth-order valence-electron chi connectivity index (χ4n) is 4.60. The Hall–Kier alpha value is -3.36. The van der Waals surface area contributed by atoms with Crippen LogP contribution in [-0.4, -0.2) is 55.1 Å². The predicted molar refractivity (Wildman–Crippen MR) is 124 cm³/mol. The van der Waals surface area contributed by atoms with Crippen molar-refractivity contribution in [1.82, 2.24) is 15.3 Å². The summed E-state index contributed by atoms with van der Waals surface area (Å²) >= 11 is 0. The lowest BCUT2D eigenvalue weighted by Crippen LogP contribution is -2.41. The van der Waals surface area contributed by atoms with Crippen molar-refractivity contribution in [2.24, 2.45) is 0 Å². The maximum absolute atomic E-state index is 12.7. The number of rotatable bonds is 5. The van der Waals surface area contributed by atoms with Gasteiger partial charge in [-0.15, -0.1) is 0 Å². The van der Waals surface area contributed by atoms with Gasteiger partial charge < -0.3 is 25.2 Å². The zero-order valence-electron chi connectivity index (χ0n) is 19.0. The summed E-state index contributed by atoms with van der Waals surface area (Å²) in [5, 5.41) is 5.83. The quantitative estimate of drug-likeness (QED) is 0.740. The van der Waals surface area contributed by atoms with Gasteiger partial charge in [-0.05, 0) is 38.0 Å². The summed E-state index contributed by atoms with van der Waals surface area (Å²) in [6.45, 7) is 2.09. The monoisotopic (exact) mass is 438 g/mol. The largest absolute Gasteiger partial charge is 0.495 e. The number of benzene rings is 1.